The zero-order chi connectivity index (χ0) is 16.4. The number of aliphatic hydroxyl groups is 1. The molecule has 0 radical (unpaired) electrons. The highest BCUT2D eigenvalue weighted by molar-refractivity contribution is 5.89. The van der Waals surface area contributed by atoms with E-state index in [1.54, 1.807) is 6.07 Å². The van der Waals surface area contributed by atoms with Crippen LogP contribution in [0.5, 0.6) is 11.5 Å². The molecule has 1 aromatic rings. The second kappa shape index (κ2) is 4.50. The molecule has 0 saturated heterocycles. The van der Waals surface area contributed by atoms with Crippen molar-refractivity contribution in [3.63, 3.8) is 0 Å². The van der Waals surface area contributed by atoms with Crippen molar-refractivity contribution >= 4 is 5.78 Å². The van der Waals surface area contributed by atoms with Crippen LogP contribution in [0.4, 0.5) is 0 Å². The van der Waals surface area contributed by atoms with Crippen molar-refractivity contribution in [2.24, 2.45) is 0 Å². The highest BCUT2D eigenvalue weighted by atomic mass is 16.5. The smallest absolute Gasteiger partial charge is 0.174 e. The van der Waals surface area contributed by atoms with Gasteiger partial charge in [0, 0.05) is 18.0 Å². The van der Waals surface area contributed by atoms with Gasteiger partial charge >= 0.3 is 0 Å². The SMILES string of the molecule is C#CCN[C@H]1Cc2ccc(O)c3c2[C@]2(C)C(O3)C(=O)CC[C@]12O. The van der Waals surface area contributed by atoms with Crippen molar-refractivity contribution < 1.29 is 19.7 Å². The number of rotatable bonds is 2. The number of hydrogen-bond donors (Lipinski definition) is 3. The lowest BCUT2D eigenvalue weighted by atomic mass is 9.53. The van der Waals surface area contributed by atoms with E-state index in [0.717, 1.165) is 11.1 Å². The number of carbonyl (C=O) groups is 1. The van der Waals surface area contributed by atoms with Gasteiger partial charge in [0.25, 0.3) is 0 Å². The molecule has 4 atom stereocenters. The molecule has 1 unspecified atom stereocenters. The minimum atomic E-state index is -1.14. The minimum absolute atomic E-state index is 0.0181. The quantitative estimate of drug-likeness (QED) is 0.699. The molecule has 3 N–H and O–H groups in total. The fourth-order valence-corrected chi connectivity index (χ4v) is 4.72. The Morgan fingerprint density at radius 2 is 2.30 bits per heavy atom. The number of carbonyl (C=O) groups excluding carboxylic acids is 1. The van der Waals surface area contributed by atoms with Gasteiger partial charge in [0.2, 0.25) is 0 Å². The summed E-state index contributed by atoms with van der Waals surface area (Å²) in [6.07, 6.45) is 5.80. The lowest BCUT2D eigenvalue weighted by molar-refractivity contribution is -0.155. The molecule has 120 valence electrons. The van der Waals surface area contributed by atoms with Gasteiger partial charge in [0.05, 0.1) is 17.6 Å². The Hall–Kier alpha value is -2.03. The Balaban J connectivity index is 1.95. The zero-order valence-electron chi connectivity index (χ0n) is 12.9. The van der Waals surface area contributed by atoms with Gasteiger partial charge in [-0.3, -0.25) is 4.79 Å². The first-order chi connectivity index (χ1) is 10.9. The van der Waals surface area contributed by atoms with Gasteiger partial charge in [-0.2, -0.15) is 0 Å². The van der Waals surface area contributed by atoms with Crippen LogP contribution < -0.4 is 10.1 Å². The number of Topliss-reactive ketones (excluding diaryl/α,β-unsaturated/α-hetero) is 1. The van der Waals surface area contributed by atoms with Crippen LogP contribution in [-0.2, 0) is 16.6 Å². The van der Waals surface area contributed by atoms with E-state index in [1.807, 2.05) is 13.0 Å². The topological polar surface area (TPSA) is 78.8 Å². The molecular weight excluding hydrogens is 294 g/mol. The molecule has 23 heavy (non-hydrogen) atoms. The number of ketones is 1. The predicted molar refractivity (Wildman–Crippen MR) is 83.4 cm³/mol. The number of phenolic OH excluding ortho intramolecular Hbond substituents is 1. The average Bonchev–Trinajstić information content (AvgIpc) is 2.86. The number of ether oxygens (including phenoxy) is 1. The van der Waals surface area contributed by atoms with Crippen LogP contribution in [0, 0.1) is 12.3 Å². The summed E-state index contributed by atoms with van der Waals surface area (Å²) in [5.41, 5.74) is -0.265. The fourth-order valence-electron chi connectivity index (χ4n) is 4.72. The van der Waals surface area contributed by atoms with Crippen LogP contribution in [-0.4, -0.2) is 40.3 Å². The Morgan fingerprint density at radius 1 is 1.52 bits per heavy atom. The molecule has 5 heteroatoms. The van der Waals surface area contributed by atoms with Crippen molar-refractivity contribution in [1.82, 2.24) is 5.32 Å². The summed E-state index contributed by atoms with van der Waals surface area (Å²) in [5, 5.41) is 24.9. The van der Waals surface area contributed by atoms with Crippen LogP contribution in [0.2, 0.25) is 0 Å². The molecule has 3 aliphatic rings. The summed E-state index contributed by atoms with van der Waals surface area (Å²) in [4.78, 5) is 12.4. The Kier molecular flexibility index (Phi) is 2.85. The summed E-state index contributed by atoms with van der Waals surface area (Å²) in [6, 6.07) is 3.17. The van der Waals surface area contributed by atoms with E-state index < -0.39 is 17.1 Å². The average molecular weight is 313 g/mol. The molecule has 0 amide bonds. The maximum absolute atomic E-state index is 12.4. The van der Waals surface area contributed by atoms with E-state index in [4.69, 9.17) is 11.2 Å². The molecule has 1 aliphatic heterocycles. The van der Waals surface area contributed by atoms with Gasteiger partial charge in [-0.05, 0) is 31.4 Å². The van der Waals surface area contributed by atoms with E-state index in [-0.39, 0.29) is 24.0 Å². The monoisotopic (exact) mass is 313 g/mol. The Morgan fingerprint density at radius 3 is 3.04 bits per heavy atom. The van der Waals surface area contributed by atoms with E-state index in [9.17, 15) is 15.0 Å². The number of benzene rings is 1. The third-order valence-electron chi connectivity index (χ3n) is 5.90. The third-order valence-corrected chi connectivity index (χ3v) is 5.90. The first-order valence-corrected chi connectivity index (χ1v) is 7.87. The molecule has 0 bridgehead atoms. The van der Waals surface area contributed by atoms with E-state index in [1.165, 1.54) is 0 Å². The molecule has 0 spiro atoms. The zero-order valence-corrected chi connectivity index (χ0v) is 12.9. The molecule has 1 saturated carbocycles. The van der Waals surface area contributed by atoms with Crippen LogP contribution in [0.1, 0.15) is 30.9 Å². The molecule has 1 aromatic carbocycles. The Bertz CT molecular complexity index is 752. The first kappa shape index (κ1) is 14.6. The molecular formula is C18H19NO4. The summed E-state index contributed by atoms with van der Waals surface area (Å²) in [6.45, 7) is 2.22. The largest absolute Gasteiger partial charge is 0.504 e. The van der Waals surface area contributed by atoms with Crippen molar-refractivity contribution in [3.05, 3.63) is 23.3 Å². The highest BCUT2D eigenvalue weighted by Crippen LogP contribution is 2.60. The standard InChI is InChI=1S/C18H19NO4/c1-3-8-19-13-9-10-4-5-11(20)15-14(10)17(2)16(23-15)12(21)6-7-18(13,17)22/h1,4-5,13,16,19-20,22H,6-9H2,2H3/t13-,16?,17+,18-/m0/s1. The van der Waals surface area contributed by atoms with Crippen LogP contribution in [0.3, 0.4) is 0 Å². The molecule has 1 fully saturated rings. The molecule has 4 rings (SSSR count). The second-order valence-electron chi connectivity index (χ2n) is 6.88. The van der Waals surface area contributed by atoms with E-state index in [2.05, 4.69) is 11.2 Å². The number of nitrogens with one attached hydrogen (secondary N) is 1. The van der Waals surface area contributed by atoms with Crippen LogP contribution in [0.15, 0.2) is 12.1 Å². The molecule has 0 aromatic heterocycles. The first-order valence-electron chi connectivity index (χ1n) is 7.87. The van der Waals surface area contributed by atoms with E-state index >= 15 is 0 Å². The lowest BCUT2D eigenvalue weighted by Gasteiger charge is -2.55. The maximum Gasteiger partial charge on any atom is 0.174 e. The lowest BCUT2D eigenvalue weighted by Crippen LogP contribution is -2.71. The Labute approximate surface area is 134 Å². The van der Waals surface area contributed by atoms with Crippen molar-refractivity contribution in [1.29, 1.82) is 0 Å². The molecule has 1 heterocycles. The summed E-state index contributed by atoms with van der Waals surface area (Å²) < 4.78 is 5.84. The van der Waals surface area contributed by atoms with Crippen LogP contribution >= 0.6 is 0 Å². The normalized spacial score (nSPS) is 37.0. The van der Waals surface area contributed by atoms with Gasteiger partial charge in [-0.15, -0.1) is 6.42 Å². The predicted octanol–water partition coefficient (Wildman–Crippen LogP) is 0.652. The van der Waals surface area contributed by atoms with Gasteiger partial charge in [0.15, 0.2) is 23.4 Å². The maximum atomic E-state index is 12.4. The van der Waals surface area contributed by atoms with Crippen molar-refractivity contribution in [2.45, 2.75) is 49.3 Å². The van der Waals surface area contributed by atoms with Gasteiger partial charge in [-0.1, -0.05) is 12.0 Å². The third kappa shape index (κ3) is 1.58. The molecule has 5 nitrogen and oxygen atoms in total. The number of phenols is 1. The van der Waals surface area contributed by atoms with Gasteiger partial charge in [-0.25, -0.2) is 0 Å². The summed E-state index contributed by atoms with van der Waals surface area (Å²) in [7, 11) is 0. The van der Waals surface area contributed by atoms with Gasteiger partial charge < -0.3 is 20.3 Å². The summed E-state index contributed by atoms with van der Waals surface area (Å²) in [5.74, 6) is 2.88. The van der Waals surface area contributed by atoms with Crippen molar-refractivity contribution in [3.8, 4) is 23.8 Å². The second-order valence-corrected chi connectivity index (χ2v) is 6.88. The molecule has 2 aliphatic carbocycles. The number of hydrogen-bond acceptors (Lipinski definition) is 5. The van der Waals surface area contributed by atoms with Crippen LogP contribution in [0.25, 0.3) is 0 Å². The number of terminal acetylenes is 1. The fraction of sp³-hybridized carbons (Fsp3) is 0.500. The number of aromatic hydroxyl groups is 1. The minimum Gasteiger partial charge on any atom is -0.504 e. The summed E-state index contributed by atoms with van der Waals surface area (Å²) >= 11 is 0. The van der Waals surface area contributed by atoms with Gasteiger partial charge in [0.1, 0.15) is 0 Å². The van der Waals surface area contributed by atoms with E-state index in [0.29, 0.717) is 25.1 Å². The highest BCUT2D eigenvalue weighted by Gasteiger charge is 2.68. The van der Waals surface area contributed by atoms with Crippen molar-refractivity contribution in [2.75, 3.05) is 6.54 Å².